The van der Waals surface area contributed by atoms with Gasteiger partial charge in [0.1, 0.15) is 5.69 Å². The van der Waals surface area contributed by atoms with Crippen LogP contribution in [0.5, 0.6) is 5.88 Å². The van der Waals surface area contributed by atoms with Gasteiger partial charge in [0.25, 0.3) is 0 Å². The zero-order valence-corrected chi connectivity index (χ0v) is 14.1. The van der Waals surface area contributed by atoms with Crippen LogP contribution in [0, 0.1) is 5.92 Å². The number of amides is 2. The molecule has 1 fully saturated rings. The van der Waals surface area contributed by atoms with Gasteiger partial charge in [0.05, 0.1) is 13.0 Å². The number of methoxy groups -OCH3 is 1. The SMILES string of the molecule is COc1ncccc1NC(=O)[C@@H]1CC(=O)N(CCc2ccccc2)C1. The summed E-state index contributed by atoms with van der Waals surface area (Å²) in [6.45, 7) is 1.07. The Morgan fingerprint density at radius 3 is 2.84 bits per heavy atom. The van der Waals surface area contributed by atoms with Crippen molar-refractivity contribution in [2.45, 2.75) is 12.8 Å². The Labute approximate surface area is 146 Å². The van der Waals surface area contributed by atoms with E-state index in [9.17, 15) is 9.59 Å². The normalized spacial score (nSPS) is 16.8. The average Bonchev–Trinajstić information content (AvgIpc) is 3.02. The Kier molecular flexibility index (Phi) is 5.28. The van der Waals surface area contributed by atoms with Crippen molar-refractivity contribution < 1.29 is 14.3 Å². The van der Waals surface area contributed by atoms with Crippen molar-refractivity contribution in [3.8, 4) is 5.88 Å². The van der Waals surface area contributed by atoms with E-state index < -0.39 is 0 Å². The largest absolute Gasteiger partial charge is 0.480 e. The lowest BCUT2D eigenvalue weighted by Gasteiger charge is -2.17. The molecular formula is C19H21N3O3. The van der Waals surface area contributed by atoms with Gasteiger partial charge in [0.2, 0.25) is 17.7 Å². The van der Waals surface area contributed by atoms with Gasteiger partial charge in [0.15, 0.2) is 0 Å². The predicted octanol–water partition coefficient (Wildman–Crippen LogP) is 2.12. The Balaban J connectivity index is 1.57. The molecule has 2 heterocycles. The summed E-state index contributed by atoms with van der Waals surface area (Å²) < 4.78 is 5.14. The molecule has 1 aliphatic rings. The summed E-state index contributed by atoms with van der Waals surface area (Å²) in [7, 11) is 1.50. The third-order valence-electron chi connectivity index (χ3n) is 4.32. The number of anilines is 1. The maximum atomic E-state index is 12.5. The van der Waals surface area contributed by atoms with Crippen molar-refractivity contribution in [3.05, 3.63) is 54.2 Å². The van der Waals surface area contributed by atoms with Crippen LogP contribution < -0.4 is 10.1 Å². The molecule has 130 valence electrons. The lowest BCUT2D eigenvalue weighted by Crippen LogP contribution is -2.30. The molecule has 0 radical (unpaired) electrons. The van der Waals surface area contributed by atoms with Crippen LogP contribution in [0.15, 0.2) is 48.7 Å². The van der Waals surface area contributed by atoms with Gasteiger partial charge >= 0.3 is 0 Å². The van der Waals surface area contributed by atoms with Crippen molar-refractivity contribution in [2.75, 3.05) is 25.5 Å². The fourth-order valence-electron chi connectivity index (χ4n) is 2.96. The van der Waals surface area contributed by atoms with Gasteiger partial charge in [0, 0.05) is 25.7 Å². The molecule has 0 unspecified atom stereocenters. The van der Waals surface area contributed by atoms with Crippen LogP contribution in [0.3, 0.4) is 0 Å². The molecule has 0 bridgehead atoms. The van der Waals surface area contributed by atoms with E-state index in [0.717, 1.165) is 6.42 Å². The van der Waals surface area contributed by atoms with E-state index in [1.165, 1.54) is 12.7 Å². The molecule has 2 aromatic rings. The summed E-state index contributed by atoms with van der Waals surface area (Å²) in [6.07, 6.45) is 2.62. The number of rotatable bonds is 6. The third-order valence-corrected chi connectivity index (χ3v) is 4.32. The van der Waals surface area contributed by atoms with Gasteiger partial charge in [-0.1, -0.05) is 30.3 Å². The van der Waals surface area contributed by atoms with Gasteiger partial charge in [-0.3, -0.25) is 9.59 Å². The van der Waals surface area contributed by atoms with E-state index in [0.29, 0.717) is 24.7 Å². The number of ether oxygens (including phenoxy) is 1. The zero-order valence-electron chi connectivity index (χ0n) is 14.1. The van der Waals surface area contributed by atoms with E-state index in [1.54, 1.807) is 23.2 Å². The molecule has 1 aromatic heterocycles. The van der Waals surface area contributed by atoms with Crippen LogP contribution in [0.4, 0.5) is 5.69 Å². The van der Waals surface area contributed by atoms with Gasteiger partial charge in [-0.2, -0.15) is 0 Å². The number of carbonyl (C=O) groups is 2. The summed E-state index contributed by atoms with van der Waals surface area (Å²) in [5.74, 6) is -0.148. The van der Waals surface area contributed by atoms with Crippen LogP contribution in [0.25, 0.3) is 0 Å². The van der Waals surface area contributed by atoms with Crippen LogP contribution in [0.1, 0.15) is 12.0 Å². The fraction of sp³-hybridized carbons (Fsp3) is 0.316. The predicted molar refractivity (Wildman–Crippen MR) is 94.3 cm³/mol. The standard InChI is InChI=1S/C19H21N3O3/c1-25-19-16(8-5-10-20-19)21-18(24)15-12-17(23)22(13-15)11-9-14-6-3-2-4-7-14/h2-8,10,15H,9,11-13H2,1H3,(H,21,24)/t15-/m1/s1. The second kappa shape index (κ2) is 7.79. The molecule has 1 atom stereocenters. The van der Waals surface area contributed by atoms with Crippen LogP contribution in [-0.2, 0) is 16.0 Å². The fourth-order valence-corrected chi connectivity index (χ4v) is 2.96. The van der Waals surface area contributed by atoms with Crippen molar-refractivity contribution in [2.24, 2.45) is 5.92 Å². The average molecular weight is 339 g/mol. The van der Waals surface area contributed by atoms with Crippen molar-refractivity contribution in [1.29, 1.82) is 0 Å². The maximum Gasteiger partial charge on any atom is 0.237 e. The lowest BCUT2D eigenvalue weighted by molar-refractivity contribution is -0.128. The van der Waals surface area contributed by atoms with Crippen LogP contribution in [-0.4, -0.2) is 41.9 Å². The lowest BCUT2D eigenvalue weighted by atomic mass is 10.1. The Hall–Kier alpha value is -2.89. The van der Waals surface area contributed by atoms with E-state index in [-0.39, 0.29) is 24.2 Å². The second-order valence-electron chi connectivity index (χ2n) is 6.03. The molecule has 1 saturated heterocycles. The van der Waals surface area contributed by atoms with Gasteiger partial charge in [-0.25, -0.2) is 4.98 Å². The summed E-state index contributed by atoms with van der Waals surface area (Å²) in [4.78, 5) is 30.5. The number of aromatic nitrogens is 1. The first-order valence-electron chi connectivity index (χ1n) is 8.29. The Morgan fingerprint density at radius 2 is 2.08 bits per heavy atom. The molecule has 2 amide bonds. The molecule has 6 nitrogen and oxygen atoms in total. The number of hydrogen-bond acceptors (Lipinski definition) is 4. The van der Waals surface area contributed by atoms with Gasteiger partial charge in [-0.15, -0.1) is 0 Å². The first kappa shape index (κ1) is 17.0. The second-order valence-corrected chi connectivity index (χ2v) is 6.03. The number of nitrogens with zero attached hydrogens (tertiary/aromatic N) is 2. The van der Waals surface area contributed by atoms with Gasteiger partial charge in [-0.05, 0) is 24.1 Å². The van der Waals surface area contributed by atoms with Crippen LogP contribution >= 0.6 is 0 Å². The monoisotopic (exact) mass is 339 g/mol. The number of pyridine rings is 1. The summed E-state index contributed by atoms with van der Waals surface area (Å²) >= 11 is 0. The smallest absolute Gasteiger partial charge is 0.237 e. The molecule has 0 saturated carbocycles. The molecule has 6 heteroatoms. The quantitative estimate of drug-likeness (QED) is 0.875. The Morgan fingerprint density at radius 1 is 1.28 bits per heavy atom. The maximum absolute atomic E-state index is 12.5. The number of nitrogens with one attached hydrogen (secondary N) is 1. The molecule has 1 aliphatic heterocycles. The topological polar surface area (TPSA) is 71.5 Å². The first-order valence-corrected chi connectivity index (χ1v) is 8.29. The molecule has 1 aromatic carbocycles. The highest BCUT2D eigenvalue weighted by atomic mass is 16.5. The highest BCUT2D eigenvalue weighted by Gasteiger charge is 2.34. The number of likely N-dealkylation sites (tertiary alicyclic amines) is 1. The molecule has 1 N–H and O–H groups in total. The van der Waals surface area contributed by atoms with Crippen LogP contribution in [0.2, 0.25) is 0 Å². The third kappa shape index (κ3) is 4.15. The minimum atomic E-state index is -0.354. The zero-order chi connectivity index (χ0) is 17.6. The number of hydrogen-bond donors (Lipinski definition) is 1. The summed E-state index contributed by atoms with van der Waals surface area (Å²) in [5.41, 5.74) is 1.70. The first-order chi connectivity index (χ1) is 12.2. The molecule has 0 aliphatic carbocycles. The van der Waals surface area contributed by atoms with Crippen molar-refractivity contribution in [1.82, 2.24) is 9.88 Å². The Bertz CT molecular complexity index is 749. The van der Waals surface area contributed by atoms with E-state index in [2.05, 4.69) is 10.3 Å². The number of benzene rings is 1. The minimum Gasteiger partial charge on any atom is -0.480 e. The van der Waals surface area contributed by atoms with Crippen molar-refractivity contribution >= 4 is 17.5 Å². The highest BCUT2D eigenvalue weighted by Crippen LogP contribution is 2.24. The van der Waals surface area contributed by atoms with E-state index in [1.807, 2.05) is 30.3 Å². The highest BCUT2D eigenvalue weighted by molar-refractivity contribution is 5.97. The van der Waals surface area contributed by atoms with Gasteiger partial charge < -0.3 is 15.0 Å². The summed E-state index contributed by atoms with van der Waals surface area (Å²) in [6, 6.07) is 13.5. The molecule has 25 heavy (non-hydrogen) atoms. The van der Waals surface area contributed by atoms with Crippen molar-refractivity contribution in [3.63, 3.8) is 0 Å². The van der Waals surface area contributed by atoms with E-state index >= 15 is 0 Å². The molecule has 3 rings (SSSR count). The summed E-state index contributed by atoms with van der Waals surface area (Å²) in [5, 5.41) is 2.81. The molecule has 0 spiro atoms. The van der Waals surface area contributed by atoms with E-state index in [4.69, 9.17) is 4.74 Å². The minimum absolute atomic E-state index is 0.0224. The molecular weight excluding hydrogens is 318 g/mol. The number of carbonyl (C=O) groups excluding carboxylic acids is 2.